The Morgan fingerprint density at radius 3 is 2.38 bits per heavy atom. The van der Waals surface area contributed by atoms with E-state index in [9.17, 15) is 0 Å². The largest absolute Gasteiger partial charge is 0.492 e. The Morgan fingerprint density at radius 1 is 1.38 bits per heavy atom. The van der Waals surface area contributed by atoms with Crippen LogP contribution >= 0.6 is 0 Å². The van der Waals surface area contributed by atoms with Gasteiger partial charge >= 0.3 is 0 Å². The van der Waals surface area contributed by atoms with Gasteiger partial charge < -0.3 is 10.6 Å². The molecule has 3 nitrogen and oxygen atoms in total. The molecule has 0 radical (unpaired) electrons. The standard InChI is InChI=1S/C13H22N2O/c1-6-11-9(4)13(15(14)10(11)5)12(7-2)16-8-3/h7H,6,8,14H2,1-5H3/b12-7-. The summed E-state index contributed by atoms with van der Waals surface area (Å²) in [5, 5.41) is 0. The molecule has 0 aliphatic carbocycles. The predicted octanol–water partition coefficient (Wildman–Crippen LogP) is 2.78. The van der Waals surface area contributed by atoms with Gasteiger partial charge in [-0.15, -0.1) is 0 Å². The van der Waals surface area contributed by atoms with Gasteiger partial charge in [-0.3, -0.25) is 4.68 Å². The molecule has 0 unspecified atom stereocenters. The molecule has 0 spiro atoms. The van der Waals surface area contributed by atoms with E-state index in [2.05, 4.69) is 20.8 Å². The van der Waals surface area contributed by atoms with Gasteiger partial charge in [0.15, 0.2) is 0 Å². The van der Waals surface area contributed by atoms with E-state index in [1.54, 1.807) is 4.68 Å². The van der Waals surface area contributed by atoms with Crippen LogP contribution in [0.4, 0.5) is 0 Å². The van der Waals surface area contributed by atoms with Crippen molar-refractivity contribution in [3.05, 3.63) is 28.6 Å². The third kappa shape index (κ3) is 1.94. The van der Waals surface area contributed by atoms with Crippen LogP contribution in [0.5, 0.6) is 0 Å². The highest BCUT2D eigenvalue weighted by molar-refractivity contribution is 5.63. The highest BCUT2D eigenvalue weighted by Crippen LogP contribution is 2.27. The molecule has 1 rings (SSSR count). The Labute approximate surface area is 97.9 Å². The molecule has 2 N–H and O–H groups in total. The fraction of sp³-hybridized carbons (Fsp3) is 0.538. The monoisotopic (exact) mass is 222 g/mol. The first-order valence-electron chi connectivity index (χ1n) is 5.83. The van der Waals surface area contributed by atoms with E-state index in [1.807, 2.05) is 19.9 Å². The van der Waals surface area contributed by atoms with Crippen molar-refractivity contribution in [2.24, 2.45) is 0 Å². The summed E-state index contributed by atoms with van der Waals surface area (Å²) in [6.45, 7) is 10.9. The number of ether oxygens (including phenoxy) is 1. The summed E-state index contributed by atoms with van der Waals surface area (Å²) < 4.78 is 7.35. The Morgan fingerprint density at radius 2 is 2.00 bits per heavy atom. The van der Waals surface area contributed by atoms with Gasteiger partial charge in [-0.2, -0.15) is 0 Å². The summed E-state index contributed by atoms with van der Waals surface area (Å²) >= 11 is 0. The Kier molecular flexibility index (Phi) is 4.05. The molecule has 0 aromatic carbocycles. The van der Waals surface area contributed by atoms with Crippen molar-refractivity contribution in [3.8, 4) is 0 Å². The Hall–Kier alpha value is -1.38. The van der Waals surface area contributed by atoms with Crippen molar-refractivity contribution in [1.29, 1.82) is 0 Å². The molecule has 0 atom stereocenters. The van der Waals surface area contributed by atoms with Gasteiger partial charge in [-0.25, -0.2) is 0 Å². The molecule has 90 valence electrons. The van der Waals surface area contributed by atoms with Crippen molar-refractivity contribution in [2.75, 3.05) is 12.4 Å². The van der Waals surface area contributed by atoms with E-state index < -0.39 is 0 Å². The topological polar surface area (TPSA) is 40.2 Å². The first-order chi connectivity index (χ1) is 7.58. The third-order valence-corrected chi connectivity index (χ3v) is 3.00. The molecule has 1 aromatic heterocycles. The summed E-state index contributed by atoms with van der Waals surface area (Å²) in [4.78, 5) is 0. The number of nitrogens with zero attached hydrogens (tertiary/aromatic N) is 1. The Bertz CT molecular complexity index is 403. The summed E-state index contributed by atoms with van der Waals surface area (Å²) in [6, 6.07) is 0. The van der Waals surface area contributed by atoms with Crippen molar-refractivity contribution >= 4 is 5.76 Å². The van der Waals surface area contributed by atoms with Crippen LogP contribution in [-0.2, 0) is 11.2 Å². The number of allylic oxidation sites excluding steroid dienone is 1. The fourth-order valence-electron chi connectivity index (χ4n) is 2.18. The number of nitrogens with two attached hydrogens (primary N) is 1. The zero-order valence-electron chi connectivity index (χ0n) is 10.9. The van der Waals surface area contributed by atoms with E-state index in [1.165, 1.54) is 11.1 Å². The quantitative estimate of drug-likeness (QED) is 0.628. The van der Waals surface area contributed by atoms with Crippen molar-refractivity contribution in [1.82, 2.24) is 4.68 Å². The van der Waals surface area contributed by atoms with Gasteiger partial charge in [0, 0.05) is 5.69 Å². The first kappa shape index (κ1) is 12.7. The molecule has 0 saturated heterocycles. The lowest BCUT2D eigenvalue weighted by Crippen LogP contribution is -2.14. The van der Waals surface area contributed by atoms with Crippen LogP contribution < -0.4 is 5.84 Å². The highest BCUT2D eigenvalue weighted by Gasteiger charge is 2.18. The molecule has 0 aliphatic heterocycles. The number of hydrogen-bond acceptors (Lipinski definition) is 2. The van der Waals surface area contributed by atoms with Gasteiger partial charge in [-0.05, 0) is 51.3 Å². The SMILES string of the molecule is C/C=C(\OCC)c1c(C)c(CC)c(C)n1N. The summed E-state index contributed by atoms with van der Waals surface area (Å²) in [5.41, 5.74) is 4.66. The molecule has 0 fully saturated rings. The van der Waals surface area contributed by atoms with Crippen molar-refractivity contribution in [2.45, 2.75) is 41.0 Å². The van der Waals surface area contributed by atoms with E-state index in [-0.39, 0.29) is 0 Å². The molecular weight excluding hydrogens is 200 g/mol. The normalized spacial score (nSPS) is 11.9. The fourth-order valence-corrected chi connectivity index (χ4v) is 2.18. The zero-order chi connectivity index (χ0) is 12.3. The minimum atomic E-state index is 0.658. The number of nitrogen functional groups attached to an aromatic ring is 1. The maximum absolute atomic E-state index is 6.08. The van der Waals surface area contributed by atoms with Crippen LogP contribution in [0.1, 0.15) is 43.3 Å². The van der Waals surface area contributed by atoms with Gasteiger partial charge in [-0.1, -0.05) is 6.92 Å². The van der Waals surface area contributed by atoms with Crippen LogP contribution in [0.2, 0.25) is 0 Å². The molecule has 1 aromatic rings. The molecular formula is C13H22N2O. The molecule has 0 bridgehead atoms. The van der Waals surface area contributed by atoms with Crippen LogP contribution in [0, 0.1) is 13.8 Å². The third-order valence-electron chi connectivity index (χ3n) is 3.00. The molecule has 16 heavy (non-hydrogen) atoms. The van der Waals surface area contributed by atoms with E-state index in [0.717, 1.165) is 23.6 Å². The second-order valence-electron chi connectivity index (χ2n) is 3.85. The number of hydrogen-bond donors (Lipinski definition) is 1. The van der Waals surface area contributed by atoms with Crippen LogP contribution in [0.15, 0.2) is 6.08 Å². The maximum Gasteiger partial charge on any atom is 0.140 e. The lowest BCUT2D eigenvalue weighted by Gasteiger charge is -2.11. The minimum Gasteiger partial charge on any atom is -0.492 e. The van der Waals surface area contributed by atoms with Crippen LogP contribution in [-0.4, -0.2) is 11.3 Å². The lowest BCUT2D eigenvalue weighted by molar-refractivity contribution is 0.295. The number of aromatic nitrogens is 1. The second-order valence-corrected chi connectivity index (χ2v) is 3.85. The average Bonchev–Trinajstić information content (AvgIpc) is 2.48. The molecule has 3 heteroatoms. The van der Waals surface area contributed by atoms with Crippen molar-refractivity contribution < 1.29 is 4.74 Å². The molecule has 0 aliphatic rings. The van der Waals surface area contributed by atoms with Crippen molar-refractivity contribution in [3.63, 3.8) is 0 Å². The van der Waals surface area contributed by atoms with Gasteiger partial charge in [0.2, 0.25) is 0 Å². The maximum atomic E-state index is 6.08. The van der Waals surface area contributed by atoms with E-state index >= 15 is 0 Å². The molecule has 0 saturated carbocycles. The molecule has 1 heterocycles. The summed E-state index contributed by atoms with van der Waals surface area (Å²) in [7, 11) is 0. The second kappa shape index (κ2) is 5.10. The average molecular weight is 222 g/mol. The van der Waals surface area contributed by atoms with Crippen LogP contribution in [0.25, 0.3) is 5.76 Å². The Balaban J connectivity index is 3.33. The molecule has 0 amide bonds. The van der Waals surface area contributed by atoms with E-state index in [4.69, 9.17) is 10.6 Å². The summed E-state index contributed by atoms with van der Waals surface area (Å²) in [5.74, 6) is 6.95. The van der Waals surface area contributed by atoms with Gasteiger partial charge in [0.1, 0.15) is 11.5 Å². The van der Waals surface area contributed by atoms with Crippen LogP contribution in [0.3, 0.4) is 0 Å². The van der Waals surface area contributed by atoms with Gasteiger partial charge in [0.05, 0.1) is 6.61 Å². The highest BCUT2D eigenvalue weighted by atomic mass is 16.5. The van der Waals surface area contributed by atoms with E-state index in [0.29, 0.717) is 6.61 Å². The smallest absolute Gasteiger partial charge is 0.140 e. The van der Waals surface area contributed by atoms with Gasteiger partial charge in [0.25, 0.3) is 0 Å². The minimum absolute atomic E-state index is 0.658. The summed E-state index contributed by atoms with van der Waals surface area (Å²) in [6.07, 6.45) is 2.96. The zero-order valence-corrected chi connectivity index (χ0v) is 10.9. The predicted molar refractivity (Wildman–Crippen MR) is 68.7 cm³/mol. The lowest BCUT2D eigenvalue weighted by atomic mass is 10.1. The number of rotatable bonds is 4. The first-order valence-corrected chi connectivity index (χ1v) is 5.83.